The van der Waals surface area contributed by atoms with Crippen molar-refractivity contribution in [1.29, 1.82) is 0 Å². The third kappa shape index (κ3) is 2.75. The highest BCUT2D eigenvalue weighted by Crippen LogP contribution is 2.31. The molecule has 6 nitrogen and oxygen atoms in total. The van der Waals surface area contributed by atoms with E-state index in [1.807, 2.05) is 24.3 Å². The van der Waals surface area contributed by atoms with Crippen molar-refractivity contribution in [3.63, 3.8) is 0 Å². The molecule has 0 radical (unpaired) electrons. The van der Waals surface area contributed by atoms with E-state index < -0.39 is 0 Å². The van der Waals surface area contributed by atoms with E-state index >= 15 is 0 Å². The number of nitrogens with zero attached hydrogens (tertiary/aromatic N) is 2. The smallest absolute Gasteiger partial charge is 0.236 e. The average Bonchev–Trinajstić information content (AvgIpc) is 2.90. The largest absolute Gasteiger partial charge is 0.481 e. The molecule has 2 N–H and O–H groups in total. The third-order valence-electron chi connectivity index (χ3n) is 3.26. The van der Waals surface area contributed by atoms with Crippen LogP contribution in [0.4, 0.5) is 11.6 Å². The molecule has 1 aliphatic rings. The van der Waals surface area contributed by atoms with Crippen LogP contribution in [0.1, 0.15) is 11.5 Å². The van der Waals surface area contributed by atoms with Gasteiger partial charge in [0, 0.05) is 18.3 Å². The number of amides is 1. The molecular formula is C14H13ClN4O2. The fraction of sp³-hybridized carbons (Fsp3) is 0.214. The summed E-state index contributed by atoms with van der Waals surface area (Å²) in [5.74, 6) is -0.0319. The predicted octanol–water partition coefficient (Wildman–Crippen LogP) is 2.29. The summed E-state index contributed by atoms with van der Waals surface area (Å²) in [7, 11) is 1.47. The number of hydrogen-bond donors (Lipinski definition) is 2. The van der Waals surface area contributed by atoms with Crippen LogP contribution in [0.3, 0.4) is 0 Å². The molecule has 1 amide bonds. The summed E-state index contributed by atoms with van der Waals surface area (Å²) >= 11 is 5.86. The Kier molecular flexibility index (Phi) is 3.62. The van der Waals surface area contributed by atoms with Crippen molar-refractivity contribution in [2.75, 3.05) is 24.3 Å². The lowest BCUT2D eigenvalue weighted by Crippen LogP contribution is -2.23. The van der Waals surface area contributed by atoms with Gasteiger partial charge in [0.2, 0.25) is 17.7 Å². The topological polar surface area (TPSA) is 76.1 Å². The lowest BCUT2D eigenvalue weighted by Gasteiger charge is -2.10. The molecule has 1 unspecified atom stereocenters. The maximum Gasteiger partial charge on any atom is 0.236 e. The molecular weight excluding hydrogens is 292 g/mol. The Bertz CT molecular complexity index is 692. The summed E-state index contributed by atoms with van der Waals surface area (Å²) < 4.78 is 5.00. The lowest BCUT2D eigenvalue weighted by atomic mass is 10.0. The maximum atomic E-state index is 12.4. The van der Waals surface area contributed by atoms with Gasteiger partial charge in [-0.1, -0.05) is 29.8 Å². The van der Waals surface area contributed by atoms with E-state index in [9.17, 15) is 4.79 Å². The normalized spacial score (nSPS) is 16.0. The van der Waals surface area contributed by atoms with E-state index in [1.165, 1.54) is 13.2 Å². The van der Waals surface area contributed by atoms with Gasteiger partial charge in [0.05, 0.1) is 13.0 Å². The second kappa shape index (κ2) is 5.57. The van der Waals surface area contributed by atoms with Crippen LogP contribution < -0.4 is 15.4 Å². The molecule has 0 fully saturated rings. The van der Waals surface area contributed by atoms with Crippen LogP contribution in [0.15, 0.2) is 30.3 Å². The van der Waals surface area contributed by atoms with Crippen molar-refractivity contribution in [3.8, 4) is 5.88 Å². The fourth-order valence-corrected chi connectivity index (χ4v) is 2.45. The van der Waals surface area contributed by atoms with Crippen LogP contribution in [-0.4, -0.2) is 29.5 Å². The van der Waals surface area contributed by atoms with Crippen LogP contribution in [0.25, 0.3) is 0 Å². The van der Waals surface area contributed by atoms with E-state index in [-0.39, 0.29) is 22.9 Å². The minimum absolute atomic E-state index is 0.133. The summed E-state index contributed by atoms with van der Waals surface area (Å²) in [6.07, 6.45) is 0. The number of carbonyl (C=O) groups is 1. The number of fused-ring (bicyclic) bond motifs is 1. The monoisotopic (exact) mass is 304 g/mol. The van der Waals surface area contributed by atoms with Gasteiger partial charge < -0.3 is 10.1 Å². The molecule has 2 aromatic rings. The summed E-state index contributed by atoms with van der Waals surface area (Å²) in [5, 5.41) is 6.08. The maximum absolute atomic E-state index is 12.4. The van der Waals surface area contributed by atoms with Gasteiger partial charge in [-0.25, -0.2) is 4.98 Å². The van der Waals surface area contributed by atoms with Crippen molar-refractivity contribution >= 4 is 29.1 Å². The zero-order valence-corrected chi connectivity index (χ0v) is 12.0. The molecule has 7 heteroatoms. The zero-order chi connectivity index (χ0) is 14.8. The van der Waals surface area contributed by atoms with Crippen molar-refractivity contribution in [2.45, 2.75) is 5.92 Å². The molecule has 108 valence electrons. The van der Waals surface area contributed by atoms with Gasteiger partial charge in [-0.2, -0.15) is 4.98 Å². The predicted molar refractivity (Wildman–Crippen MR) is 79.9 cm³/mol. The number of ether oxygens (including phenoxy) is 1. The van der Waals surface area contributed by atoms with Gasteiger partial charge >= 0.3 is 0 Å². The van der Waals surface area contributed by atoms with Crippen LogP contribution in [0, 0.1) is 0 Å². The van der Waals surface area contributed by atoms with Crippen molar-refractivity contribution in [3.05, 3.63) is 41.0 Å². The van der Waals surface area contributed by atoms with E-state index in [0.717, 1.165) is 11.3 Å². The molecule has 1 aliphatic heterocycles. The molecule has 21 heavy (non-hydrogen) atoms. The standard InChI is InChI=1S/C14H13ClN4O2/c1-21-12-6-11(15)17-14(18-12)19-13(20)9-7-16-10-5-3-2-4-8(9)10/h2-6,9,16H,7H2,1H3,(H,17,18,19,20). The number of benzene rings is 1. The van der Waals surface area contributed by atoms with Gasteiger partial charge in [0.25, 0.3) is 0 Å². The minimum atomic E-state index is -0.283. The number of anilines is 2. The molecule has 2 heterocycles. The summed E-state index contributed by atoms with van der Waals surface area (Å²) in [6.45, 7) is 0.545. The van der Waals surface area contributed by atoms with E-state index in [2.05, 4.69) is 20.6 Å². The first-order chi connectivity index (χ1) is 10.2. The van der Waals surface area contributed by atoms with E-state index in [0.29, 0.717) is 12.4 Å². The van der Waals surface area contributed by atoms with E-state index in [4.69, 9.17) is 16.3 Å². The highest BCUT2D eigenvalue weighted by atomic mass is 35.5. The molecule has 3 rings (SSSR count). The molecule has 1 atom stereocenters. The van der Waals surface area contributed by atoms with Crippen LogP contribution in [0.5, 0.6) is 5.88 Å². The molecule has 0 saturated heterocycles. The van der Waals surface area contributed by atoms with Gasteiger partial charge in [0.15, 0.2) is 0 Å². The van der Waals surface area contributed by atoms with Crippen molar-refractivity contribution in [1.82, 2.24) is 9.97 Å². The highest BCUT2D eigenvalue weighted by Gasteiger charge is 2.28. The van der Waals surface area contributed by atoms with Crippen molar-refractivity contribution < 1.29 is 9.53 Å². The number of methoxy groups -OCH3 is 1. The quantitative estimate of drug-likeness (QED) is 0.851. The molecule has 1 aromatic heterocycles. The van der Waals surface area contributed by atoms with Crippen LogP contribution in [-0.2, 0) is 4.79 Å². The molecule has 0 spiro atoms. The molecule has 0 bridgehead atoms. The molecule has 0 aliphatic carbocycles. The van der Waals surface area contributed by atoms with Gasteiger partial charge in [0.1, 0.15) is 5.15 Å². The third-order valence-corrected chi connectivity index (χ3v) is 3.46. The first-order valence-corrected chi connectivity index (χ1v) is 6.77. The Balaban J connectivity index is 1.80. The van der Waals surface area contributed by atoms with Gasteiger partial charge in [-0.05, 0) is 11.6 Å². The van der Waals surface area contributed by atoms with Crippen molar-refractivity contribution in [2.24, 2.45) is 0 Å². The fourth-order valence-electron chi connectivity index (χ4n) is 2.27. The number of nitrogens with one attached hydrogen (secondary N) is 2. The van der Waals surface area contributed by atoms with Gasteiger partial charge in [-0.15, -0.1) is 0 Å². The minimum Gasteiger partial charge on any atom is -0.481 e. The summed E-state index contributed by atoms with van der Waals surface area (Å²) in [5.41, 5.74) is 1.94. The number of aromatic nitrogens is 2. The SMILES string of the molecule is COc1cc(Cl)nc(NC(=O)C2CNc3ccccc32)n1. The van der Waals surface area contributed by atoms with Crippen LogP contribution >= 0.6 is 11.6 Å². The lowest BCUT2D eigenvalue weighted by molar-refractivity contribution is -0.117. The first-order valence-electron chi connectivity index (χ1n) is 6.39. The Labute approximate surface area is 126 Å². The second-order valence-corrected chi connectivity index (χ2v) is 4.95. The summed E-state index contributed by atoms with van der Waals surface area (Å²) in [4.78, 5) is 20.4. The van der Waals surface area contributed by atoms with Gasteiger partial charge in [-0.3, -0.25) is 10.1 Å². The number of hydrogen-bond acceptors (Lipinski definition) is 5. The summed E-state index contributed by atoms with van der Waals surface area (Å²) in [6, 6.07) is 9.19. The Morgan fingerprint density at radius 1 is 1.43 bits per heavy atom. The van der Waals surface area contributed by atoms with E-state index in [1.54, 1.807) is 0 Å². The molecule has 1 aromatic carbocycles. The molecule has 0 saturated carbocycles. The average molecular weight is 305 g/mol. The second-order valence-electron chi connectivity index (χ2n) is 4.57. The zero-order valence-electron chi connectivity index (χ0n) is 11.3. The van der Waals surface area contributed by atoms with Crippen LogP contribution in [0.2, 0.25) is 5.15 Å². The highest BCUT2D eigenvalue weighted by molar-refractivity contribution is 6.29. The number of para-hydroxylation sites is 1. The Morgan fingerprint density at radius 2 is 2.24 bits per heavy atom. The number of rotatable bonds is 3. The Morgan fingerprint density at radius 3 is 3.05 bits per heavy atom. The first kappa shape index (κ1) is 13.6. The number of carbonyl (C=O) groups excluding carboxylic acids is 1. The Hall–Kier alpha value is -2.34. The number of halogens is 1.